The number of aromatic nitrogens is 2. The van der Waals surface area contributed by atoms with Crippen molar-refractivity contribution in [3.8, 4) is 0 Å². The SMILES string of the molecule is NCC1CCCCCC1n1ccc(C2CC2)n1. The summed E-state index contributed by atoms with van der Waals surface area (Å²) in [5.41, 5.74) is 7.25. The van der Waals surface area contributed by atoms with E-state index >= 15 is 0 Å². The van der Waals surface area contributed by atoms with Gasteiger partial charge >= 0.3 is 0 Å². The van der Waals surface area contributed by atoms with Gasteiger partial charge < -0.3 is 5.73 Å². The van der Waals surface area contributed by atoms with Crippen molar-refractivity contribution in [3.05, 3.63) is 18.0 Å². The standard InChI is InChI=1S/C14H23N3/c15-10-12-4-2-1-3-5-14(12)17-9-8-13(16-17)11-6-7-11/h8-9,11-12,14H,1-7,10,15H2. The molecule has 2 saturated carbocycles. The Hall–Kier alpha value is -0.830. The molecule has 2 fully saturated rings. The highest BCUT2D eigenvalue weighted by Gasteiger charge is 2.29. The van der Waals surface area contributed by atoms with Gasteiger partial charge in [0.1, 0.15) is 0 Å². The van der Waals surface area contributed by atoms with Crippen LogP contribution in [0.5, 0.6) is 0 Å². The monoisotopic (exact) mass is 233 g/mol. The zero-order valence-corrected chi connectivity index (χ0v) is 10.5. The molecule has 0 bridgehead atoms. The Labute approximate surface area is 103 Å². The van der Waals surface area contributed by atoms with Crippen molar-refractivity contribution in [1.29, 1.82) is 0 Å². The highest BCUT2D eigenvalue weighted by atomic mass is 15.3. The van der Waals surface area contributed by atoms with Crippen LogP contribution in [-0.4, -0.2) is 16.3 Å². The quantitative estimate of drug-likeness (QED) is 0.816. The van der Waals surface area contributed by atoms with Gasteiger partial charge in [0.15, 0.2) is 0 Å². The maximum Gasteiger partial charge on any atom is 0.0655 e. The molecule has 3 heteroatoms. The van der Waals surface area contributed by atoms with E-state index in [0.29, 0.717) is 12.0 Å². The van der Waals surface area contributed by atoms with Gasteiger partial charge in [-0.05, 0) is 44.2 Å². The summed E-state index contributed by atoms with van der Waals surface area (Å²) >= 11 is 0. The lowest BCUT2D eigenvalue weighted by atomic mass is 9.95. The Balaban J connectivity index is 1.78. The Morgan fingerprint density at radius 1 is 1.18 bits per heavy atom. The average Bonchev–Trinajstić information content (AvgIpc) is 3.13. The number of hydrogen-bond donors (Lipinski definition) is 1. The van der Waals surface area contributed by atoms with Crippen molar-refractivity contribution >= 4 is 0 Å². The smallest absolute Gasteiger partial charge is 0.0655 e. The fraction of sp³-hybridized carbons (Fsp3) is 0.786. The van der Waals surface area contributed by atoms with Crippen LogP contribution in [0.25, 0.3) is 0 Å². The van der Waals surface area contributed by atoms with Crippen molar-refractivity contribution in [2.24, 2.45) is 11.7 Å². The molecule has 2 aliphatic carbocycles. The van der Waals surface area contributed by atoms with Crippen molar-refractivity contribution in [2.75, 3.05) is 6.54 Å². The summed E-state index contributed by atoms with van der Waals surface area (Å²) in [7, 11) is 0. The lowest BCUT2D eigenvalue weighted by Gasteiger charge is -2.24. The zero-order chi connectivity index (χ0) is 11.7. The fourth-order valence-corrected chi connectivity index (χ4v) is 3.12. The molecule has 1 heterocycles. The summed E-state index contributed by atoms with van der Waals surface area (Å²) < 4.78 is 2.22. The van der Waals surface area contributed by atoms with Gasteiger partial charge in [-0.1, -0.05) is 19.3 Å². The lowest BCUT2D eigenvalue weighted by Crippen LogP contribution is -2.25. The predicted octanol–water partition coefficient (Wildman–Crippen LogP) is 2.84. The molecule has 2 unspecified atom stereocenters. The van der Waals surface area contributed by atoms with Gasteiger partial charge in [0.2, 0.25) is 0 Å². The third-order valence-corrected chi connectivity index (χ3v) is 4.39. The maximum atomic E-state index is 5.94. The van der Waals surface area contributed by atoms with Crippen molar-refractivity contribution in [3.63, 3.8) is 0 Å². The third-order valence-electron chi connectivity index (χ3n) is 4.39. The van der Waals surface area contributed by atoms with Gasteiger partial charge in [0, 0.05) is 12.1 Å². The summed E-state index contributed by atoms with van der Waals surface area (Å²) in [5, 5.41) is 4.80. The molecule has 3 nitrogen and oxygen atoms in total. The lowest BCUT2D eigenvalue weighted by molar-refractivity contribution is 0.293. The first-order valence-electron chi connectivity index (χ1n) is 7.13. The second-order valence-electron chi connectivity index (χ2n) is 5.70. The third kappa shape index (κ3) is 2.39. The van der Waals surface area contributed by atoms with Crippen LogP contribution in [0.4, 0.5) is 0 Å². The summed E-state index contributed by atoms with van der Waals surface area (Å²) in [6.07, 6.45) is 11.4. The van der Waals surface area contributed by atoms with E-state index in [1.54, 1.807) is 0 Å². The summed E-state index contributed by atoms with van der Waals surface area (Å²) in [6.45, 7) is 0.809. The molecule has 94 valence electrons. The van der Waals surface area contributed by atoms with Gasteiger partial charge in [0.05, 0.1) is 11.7 Å². The highest BCUT2D eigenvalue weighted by molar-refractivity contribution is 5.12. The molecule has 3 rings (SSSR count). The van der Waals surface area contributed by atoms with E-state index in [1.807, 2.05) is 0 Å². The Morgan fingerprint density at radius 2 is 2.00 bits per heavy atom. The van der Waals surface area contributed by atoms with Gasteiger partial charge in [-0.3, -0.25) is 4.68 Å². The molecule has 0 spiro atoms. The summed E-state index contributed by atoms with van der Waals surface area (Å²) in [5.74, 6) is 1.39. The summed E-state index contributed by atoms with van der Waals surface area (Å²) in [6, 6.07) is 2.77. The van der Waals surface area contributed by atoms with E-state index in [-0.39, 0.29) is 0 Å². The molecule has 0 aliphatic heterocycles. The second kappa shape index (κ2) is 4.81. The number of nitrogens with two attached hydrogens (primary N) is 1. The van der Waals surface area contributed by atoms with Crippen LogP contribution in [0.15, 0.2) is 12.3 Å². The number of rotatable bonds is 3. The van der Waals surface area contributed by atoms with Crippen LogP contribution in [0.3, 0.4) is 0 Å². The number of hydrogen-bond acceptors (Lipinski definition) is 2. The molecule has 1 aromatic heterocycles. The van der Waals surface area contributed by atoms with E-state index in [9.17, 15) is 0 Å². The molecule has 1 aromatic rings. The van der Waals surface area contributed by atoms with Crippen LogP contribution < -0.4 is 5.73 Å². The summed E-state index contributed by atoms with van der Waals surface area (Å²) in [4.78, 5) is 0. The zero-order valence-electron chi connectivity index (χ0n) is 10.5. The minimum Gasteiger partial charge on any atom is -0.330 e. The van der Waals surface area contributed by atoms with Gasteiger partial charge in [-0.2, -0.15) is 5.10 Å². The molecular weight excluding hydrogens is 210 g/mol. The van der Waals surface area contributed by atoms with Crippen LogP contribution in [-0.2, 0) is 0 Å². The first-order chi connectivity index (χ1) is 8.38. The van der Waals surface area contributed by atoms with E-state index in [0.717, 1.165) is 12.5 Å². The van der Waals surface area contributed by atoms with Gasteiger partial charge in [-0.25, -0.2) is 0 Å². The molecule has 2 atom stereocenters. The highest BCUT2D eigenvalue weighted by Crippen LogP contribution is 2.40. The molecule has 17 heavy (non-hydrogen) atoms. The Bertz CT molecular complexity index is 367. The first kappa shape index (κ1) is 11.3. The minimum atomic E-state index is 0.551. The molecule has 0 radical (unpaired) electrons. The van der Waals surface area contributed by atoms with Crippen molar-refractivity contribution < 1.29 is 0 Å². The van der Waals surface area contributed by atoms with E-state index < -0.39 is 0 Å². The average molecular weight is 233 g/mol. The van der Waals surface area contributed by atoms with Crippen LogP contribution in [0, 0.1) is 5.92 Å². The Morgan fingerprint density at radius 3 is 2.76 bits per heavy atom. The molecule has 0 aromatic carbocycles. The maximum absolute atomic E-state index is 5.94. The van der Waals surface area contributed by atoms with Crippen LogP contribution in [0.2, 0.25) is 0 Å². The van der Waals surface area contributed by atoms with Gasteiger partial charge in [-0.15, -0.1) is 0 Å². The number of nitrogens with zero attached hydrogens (tertiary/aromatic N) is 2. The van der Waals surface area contributed by atoms with Gasteiger partial charge in [0.25, 0.3) is 0 Å². The van der Waals surface area contributed by atoms with E-state index in [1.165, 1.54) is 50.6 Å². The first-order valence-corrected chi connectivity index (χ1v) is 7.13. The van der Waals surface area contributed by atoms with Crippen molar-refractivity contribution in [1.82, 2.24) is 9.78 Å². The second-order valence-corrected chi connectivity index (χ2v) is 5.70. The minimum absolute atomic E-state index is 0.551. The molecule has 2 aliphatic rings. The fourth-order valence-electron chi connectivity index (χ4n) is 3.12. The van der Waals surface area contributed by atoms with E-state index in [4.69, 9.17) is 10.8 Å². The normalized spacial score (nSPS) is 30.2. The van der Waals surface area contributed by atoms with Crippen LogP contribution in [0.1, 0.15) is 62.6 Å². The largest absolute Gasteiger partial charge is 0.330 e. The molecule has 2 N–H and O–H groups in total. The van der Waals surface area contributed by atoms with E-state index in [2.05, 4.69) is 16.9 Å². The Kier molecular flexibility index (Phi) is 3.19. The molecule has 0 amide bonds. The molecule has 0 saturated heterocycles. The topological polar surface area (TPSA) is 43.8 Å². The van der Waals surface area contributed by atoms with Crippen molar-refractivity contribution in [2.45, 2.75) is 56.9 Å². The molecular formula is C14H23N3. The predicted molar refractivity (Wildman–Crippen MR) is 68.9 cm³/mol. The van der Waals surface area contributed by atoms with Crippen LogP contribution >= 0.6 is 0 Å².